The Hall–Kier alpha value is -1.70. The lowest BCUT2D eigenvalue weighted by Gasteiger charge is -2.24. The minimum absolute atomic E-state index is 0.204. The molecule has 0 aliphatic carbocycles. The fourth-order valence-electron chi connectivity index (χ4n) is 2.71. The monoisotopic (exact) mass is 336 g/mol. The van der Waals surface area contributed by atoms with Gasteiger partial charge < -0.3 is 4.90 Å². The highest BCUT2D eigenvalue weighted by atomic mass is 32.2. The second kappa shape index (κ2) is 6.82. The van der Waals surface area contributed by atoms with E-state index in [-0.39, 0.29) is 11.1 Å². The molecule has 2 aromatic rings. The molecule has 6 nitrogen and oxygen atoms in total. The molecule has 7 heteroatoms. The smallest absolute Gasteiger partial charge is 0.258 e. The number of rotatable bonds is 6. The number of sulfonamides is 1. The van der Waals surface area contributed by atoms with E-state index in [1.807, 2.05) is 50.2 Å². The van der Waals surface area contributed by atoms with Gasteiger partial charge in [-0.3, -0.25) is 4.68 Å². The number of aromatic nitrogens is 2. The number of hydrogen-bond donors (Lipinski definition) is 1. The van der Waals surface area contributed by atoms with Crippen molar-refractivity contribution in [3.63, 3.8) is 0 Å². The Kier molecular flexibility index (Phi) is 5.23. The molecule has 0 saturated heterocycles. The lowest BCUT2D eigenvalue weighted by molar-refractivity contribution is 0.362. The Morgan fingerprint density at radius 1 is 1.22 bits per heavy atom. The van der Waals surface area contributed by atoms with E-state index in [0.29, 0.717) is 12.1 Å². The van der Waals surface area contributed by atoms with Crippen LogP contribution in [0.15, 0.2) is 35.5 Å². The van der Waals surface area contributed by atoms with Gasteiger partial charge in [-0.25, -0.2) is 13.1 Å². The van der Waals surface area contributed by atoms with Crippen LogP contribution in [-0.2, 0) is 17.1 Å². The van der Waals surface area contributed by atoms with Crippen molar-refractivity contribution in [2.24, 2.45) is 7.05 Å². The number of nitrogens with zero attached hydrogens (tertiary/aromatic N) is 3. The van der Waals surface area contributed by atoms with E-state index in [1.165, 1.54) is 4.68 Å². The van der Waals surface area contributed by atoms with Gasteiger partial charge >= 0.3 is 0 Å². The van der Waals surface area contributed by atoms with Crippen molar-refractivity contribution in [3.8, 4) is 0 Å². The van der Waals surface area contributed by atoms with Gasteiger partial charge in [0, 0.05) is 19.2 Å². The molecule has 0 aliphatic heterocycles. The first-order chi connectivity index (χ1) is 10.7. The average Bonchev–Trinajstić information content (AvgIpc) is 2.77. The molecule has 0 amide bonds. The van der Waals surface area contributed by atoms with Gasteiger partial charge in [-0.2, -0.15) is 5.10 Å². The van der Waals surface area contributed by atoms with Crippen LogP contribution >= 0.6 is 0 Å². The Morgan fingerprint density at radius 3 is 2.39 bits per heavy atom. The maximum absolute atomic E-state index is 12.8. The molecule has 1 heterocycles. The summed E-state index contributed by atoms with van der Waals surface area (Å²) in [5, 5.41) is 4.23. The zero-order valence-electron chi connectivity index (χ0n) is 14.2. The SMILES string of the molecule is Cc1ccccc1C(CN(C)C)NS(=O)(=O)c1c(C)cnn1C. The highest BCUT2D eigenvalue weighted by Crippen LogP contribution is 2.22. The lowest BCUT2D eigenvalue weighted by Crippen LogP contribution is -2.36. The number of nitrogens with one attached hydrogen (secondary N) is 1. The summed E-state index contributed by atoms with van der Waals surface area (Å²) in [7, 11) is 1.82. The molecular weight excluding hydrogens is 312 g/mol. The molecular formula is C16H24N4O2S. The summed E-state index contributed by atoms with van der Waals surface area (Å²) in [6.07, 6.45) is 1.56. The van der Waals surface area contributed by atoms with Crippen molar-refractivity contribution in [2.45, 2.75) is 24.9 Å². The Balaban J connectivity index is 2.41. The summed E-state index contributed by atoms with van der Waals surface area (Å²) in [5.74, 6) is 0. The summed E-state index contributed by atoms with van der Waals surface area (Å²) in [5.41, 5.74) is 2.67. The van der Waals surface area contributed by atoms with Crippen molar-refractivity contribution in [1.82, 2.24) is 19.4 Å². The van der Waals surface area contributed by atoms with E-state index in [9.17, 15) is 8.42 Å². The van der Waals surface area contributed by atoms with E-state index in [2.05, 4.69) is 9.82 Å². The van der Waals surface area contributed by atoms with Crippen molar-refractivity contribution in [3.05, 3.63) is 47.2 Å². The third kappa shape index (κ3) is 3.99. The largest absolute Gasteiger partial charge is 0.307 e. The topological polar surface area (TPSA) is 67.2 Å². The molecule has 1 atom stereocenters. The van der Waals surface area contributed by atoms with Crippen LogP contribution in [0.25, 0.3) is 0 Å². The third-order valence-electron chi connectivity index (χ3n) is 3.72. The van der Waals surface area contributed by atoms with Gasteiger partial charge in [-0.15, -0.1) is 0 Å². The molecule has 0 saturated carbocycles. The highest BCUT2D eigenvalue weighted by Gasteiger charge is 2.26. The predicted octanol–water partition coefficient (Wildman–Crippen LogP) is 1.62. The van der Waals surface area contributed by atoms with E-state index in [0.717, 1.165) is 11.1 Å². The molecule has 1 N–H and O–H groups in total. The average molecular weight is 336 g/mol. The number of hydrogen-bond acceptors (Lipinski definition) is 4. The van der Waals surface area contributed by atoms with E-state index in [1.54, 1.807) is 20.2 Å². The molecule has 1 unspecified atom stereocenters. The first-order valence-electron chi connectivity index (χ1n) is 7.43. The minimum atomic E-state index is -3.66. The van der Waals surface area contributed by atoms with Crippen molar-refractivity contribution in [2.75, 3.05) is 20.6 Å². The van der Waals surface area contributed by atoms with Crippen LogP contribution in [0.2, 0.25) is 0 Å². The van der Waals surface area contributed by atoms with Crippen LogP contribution in [0, 0.1) is 13.8 Å². The molecule has 1 aromatic heterocycles. The molecule has 0 bridgehead atoms. The van der Waals surface area contributed by atoms with E-state index in [4.69, 9.17) is 0 Å². The minimum Gasteiger partial charge on any atom is -0.307 e. The van der Waals surface area contributed by atoms with Crippen LogP contribution in [0.1, 0.15) is 22.7 Å². The maximum atomic E-state index is 12.8. The first kappa shape index (κ1) is 17.7. The van der Waals surface area contributed by atoms with Gasteiger partial charge in [-0.05, 0) is 39.1 Å². The zero-order valence-corrected chi connectivity index (χ0v) is 15.1. The van der Waals surface area contributed by atoms with Crippen LogP contribution in [0.5, 0.6) is 0 Å². The van der Waals surface area contributed by atoms with Crippen LogP contribution in [0.3, 0.4) is 0 Å². The summed E-state index contributed by atoms with van der Waals surface area (Å²) in [6, 6.07) is 7.49. The van der Waals surface area contributed by atoms with Crippen molar-refractivity contribution < 1.29 is 8.42 Å². The van der Waals surface area contributed by atoms with Gasteiger partial charge in [0.15, 0.2) is 5.03 Å². The molecule has 2 rings (SSSR count). The molecule has 0 fully saturated rings. The quantitative estimate of drug-likeness (QED) is 0.870. The second-order valence-electron chi connectivity index (χ2n) is 6.05. The summed E-state index contributed by atoms with van der Waals surface area (Å²) >= 11 is 0. The van der Waals surface area contributed by atoms with Gasteiger partial charge in [0.2, 0.25) is 0 Å². The predicted molar refractivity (Wildman–Crippen MR) is 90.7 cm³/mol. The molecule has 0 spiro atoms. The molecule has 126 valence electrons. The maximum Gasteiger partial charge on any atom is 0.258 e. The van der Waals surface area contributed by atoms with Crippen LogP contribution in [0.4, 0.5) is 0 Å². The first-order valence-corrected chi connectivity index (χ1v) is 8.92. The highest BCUT2D eigenvalue weighted by molar-refractivity contribution is 7.89. The Bertz CT molecular complexity index is 762. The van der Waals surface area contributed by atoms with Crippen LogP contribution < -0.4 is 4.72 Å². The zero-order chi connectivity index (χ0) is 17.2. The van der Waals surface area contributed by atoms with E-state index >= 15 is 0 Å². The van der Waals surface area contributed by atoms with Gasteiger partial charge in [-0.1, -0.05) is 24.3 Å². The number of likely N-dealkylation sites (N-methyl/N-ethyl adjacent to an activating group) is 1. The Labute approximate surface area is 138 Å². The summed E-state index contributed by atoms with van der Waals surface area (Å²) in [4.78, 5) is 1.97. The fraction of sp³-hybridized carbons (Fsp3) is 0.438. The van der Waals surface area contributed by atoms with Gasteiger partial charge in [0.1, 0.15) is 0 Å². The van der Waals surface area contributed by atoms with Crippen LogP contribution in [-0.4, -0.2) is 43.7 Å². The summed E-state index contributed by atoms with van der Waals surface area (Å²) in [6.45, 7) is 4.30. The van der Waals surface area contributed by atoms with Crippen molar-refractivity contribution in [1.29, 1.82) is 0 Å². The summed E-state index contributed by atoms with van der Waals surface area (Å²) < 4.78 is 29.9. The number of aryl methyl sites for hydroxylation is 3. The van der Waals surface area contributed by atoms with Crippen molar-refractivity contribution >= 4 is 10.0 Å². The van der Waals surface area contributed by atoms with E-state index < -0.39 is 10.0 Å². The van der Waals surface area contributed by atoms with Gasteiger partial charge in [0.05, 0.1) is 12.2 Å². The Morgan fingerprint density at radius 2 is 1.87 bits per heavy atom. The third-order valence-corrected chi connectivity index (χ3v) is 5.41. The molecule has 1 aromatic carbocycles. The lowest BCUT2D eigenvalue weighted by atomic mass is 10.0. The standard InChI is InChI=1S/C16H24N4O2S/c1-12-8-6-7-9-14(12)15(11-19(3)4)18-23(21,22)16-13(2)10-17-20(16)5/h6-10,15,18H,11H2,1-5H3. The molecule has 23 heavy (non-hydrogen) atoms. The molecule has 0 radical (unpaired) electrons. The number of benzene rings is 1. The molecule has 0 aliphatic rings. The second-order valence-corrected chi connectivity index (χ2v) is 7.68. The normalized spacial score (nSPS) is 13.5. The van der Waals surface area contributed by atoms with Gasteiger partial charge in [0.25, 0.3) is 10.0 Å². The fourth-order valence-corrected chi connectivity index (χ4v) is 4.27.